The predicted octanol–water partition coefficient (Wildman–Crippen LogP) is 2.20. The van der Waals surface area contributed by atoms with Gasteiger partial charge in [0.05, 0.1) is 6.61 Å². The standard InChI is InChI=1S/C8H16O3S2/c1-4-7(9)11-13-8(10-5-2)12-6-3/h13H,4-6H2,1-3H3. The minimum atomic E-state index is -0.199. The highest BCUT2D eigenvalue weighted by atomic mass is 32.2. The normalized spacial score (nSPS) is 12.1. The van der Waals surface area contributed by atoms with Gasteiger partial charge in [-0.15, -0.1) is 0 Å². The average molecular weight is 224 g/mol. The molecule has 0 fully saturated rings. The molecule has 0 aliphatic heterocycles. The zero-order valence-electron chi connectivity index (χ0n) is 8.20. The third-order valence-corrected chi connectivity index (χ3v) is 2.88. The molecule has 0 aromatic rings. The summed E-state index contributed by atoms with van der Waals surface area (Å²) < 4.78 is 10.9. The van der Waals surface area contributed by atoms with Gasteiger partial charge in [-0.05, 0) is 12.7 Å². The molecule has 0 aromatic heterocycles. The van der Waals surface area contributed by atoms with Crippen LogP contribution in [-0.4, -0.2) is 22.7 Å². The van der Waals surface area contributed by atoms with Gasteiger partial charge in [0.2, 0.25) is 0 Å². The van der Waals surface area contributed by atoms with E-state index in [9.17, 15) is 4.79 Å². The highest BCUT2D eigenvalue weighted by Crippen LogP contribution is 2.11. The van der Waals surface area contributed by atoms with Crippen molar-refractivity contribution in [1.29, 1.82) is 0 Å². The second-order valence-corrected chi connectivity index (χ2v) is 4.35. The Kier molecular flexibility index (Phi) is 8.59. The van der Waals surface area contributed by atoms with E-state index in [4.69, 9.17) is 8.92 Å². The minimum Gasteiger partial charge on any atom is -0.400 e. The maximum Gasteiger partial charge on any atom is 0.316 e. The van der Waals surface area contributed by atoms with Crippen LogP contribution in [-0.2, 0) is 13.7 Å². The third-order valence-electron chi connectivity index (χ3n) is 1.05. The number of hydrogen-bond acceptors (Lipinski definition) is 4. The first-order chi connectivity index (χ1) is 6.24. The lowest BCUT2D eigenvalue weighted by molar-refractivity contribution is -0.132. The first kappa shape index (κ1) is 13.0. The molecule has 0 aromatic carbocycles. The maximum absolute atomic E-state index is 10.8. The van der Waals surface area contributed by atoms with Crippen molar-refractivity contribution >= 4 is 33.7 Å². The lowest BCUT2D eigenvalue weighted by Gasteiger charge is -2.04. The SMILES string of the molecule is CCOC(SCC)=[SH]OC(=O)CC. The highest BCUT2D eigenvalue weighted by Gasteiger charge is 1.99. The highest BCUT2D eigenvalue weighted by molar-refractivity contribution is 8.25. The quantitative estimate of drug-likeness (QED) is 0.586. The average Bonchev–Trinajstić information content (AvgIpc) is 2.14. The Balaban J connectivity index is 3.94. The molecule has 0 aliphatic carbocycles. The minimum absolute atomic E-state index is 0.199. The molecule has 0 radical (unpaired) electrons. The summed E-state index contributed by atoms with van der Waals surface area (Å²) in [5.74, 6) is 0.724. The number of thioether (sulfide) groups is 1. The van der Waals surface area contributed by atoms with Crippen LogP contribution in [0.4, 0.5) is 0 Å². The van der Waals surface area contributed by atoms with Crippen molar-refractivity contribution in [3.8, 4) is 0 Å². The van der Waals surface area contributed by atoms with Crippen LogP contribution in [0.15, 0.2) is 0 Å². The zero-order chi connectivity index (χ0) is 10.1. The number of ether oxygens (including phenoxy) is 1. The zero-order valence-corrected chi connectivity index (χ0v) is 9.91. The van der Waals surface area contributed by atoms with Gasteiger partial charge in [0.1, 0.15) is 0 Å². The topological polar surface area (TPSA) is 35.5 Å². The number of carbonyl (C=O) groups excluding carboxylic acids is 1. The van der Waals surface area contributed by atoms with Crippen molar-refractivity contribution in [2.24, 2.45) is 0 Å². The number of rotatable bonds is 4. The fourth-order valence-corrected chi connectivity index (χ4v) is 2.14. The summed E-state index contributed by atoms with van der Waals surface area (Å²) >= 11 is 2.08. The van der Waals surface area contributed by atoms with E-state index in [1.807, 2.05) is 13.8 Å². The van der Waals surface area contributed by atoms with Gasteiger partial charge in [0.25, 0.3) is 0 Å². The molecule has 5 heteroatoms. The molecule has 0 atom stereocenters. The van der Waals surface area contributed by atoms with Crippen LogP contribution in [0.3, 0.4) is 0 Å². The molecule has 0 saturated carbocycles. The van der Waals surface area contributed by atoms with Crippen LogP contribution in [0.5, 0.6) is 0 Å². The van der Waals surface area contributed by atoms with Gasteiger partial charge in [-0.25, -0.2) is 0 Å². The largest absolute Gasteiger partial charge is 0.400 e. The molecule has 3 nitrogen and oxygen atoms in total. The van der Waals surface area contributed by atoms with Gasteiger partial charge < -0.3 is 8.92 Å². The molecule has 0 spiro atoms. The van der Waals surface area contributed by atoms with E-state index in [1.54, 1.807) is 18.7 Å². The molecule has 0 heterocycles. The van der Waals surface area contributed by atoms with E-state index >= 15 is 0 Å². The van der Waals surface area contributed by atoms with Crippen LogP contribution in [0.1, 0.15) is 27.2 Å². The van der Waals surface area contributed by atoms with Gasteiger partial charge in [-0.3, -0.25) is 4.79 Å². The summed E-state index contributed by atoms with van der Waals surface area (Å²) in [7, 11) is 0. The molecular formula is C8H16O3S2. The second-order valence-electron chi connectivity index (χ2n) is 2.04. The molecular weight excluding hydrogens is 208 g/mol. The van der Waals surface area contributed by atoms with Crippen molar-refractivity contribution in [3.63, 3.8) is 0 Å². The monoisotopic (exact) mass is 224 g/mol. The van der Waals surface area contributed by atoms with Crippen molar-refractivity contribution < 1.29 is 13.7 Å². The Bertz CT molecular complexity index is 172. The van der Waals surface area contributed by atoms with Crippen molar-refractivity contribution in [2.45, 2.75) is 27.2 Å². The van der Waals surface area contributed by atoms with Gasteiger partial charge in [0.15, 0.2) is 4.38 Å². The summed E-state index contributed by atoms with van der Waals surface area (Å²) in [6.07, 6.45) is 0.406. The molecule has 13 heavy (non-hydrogen) atoms. The number of hydrogen-bond donors (Lipinski definition) is 1. The van der Waals surface area contributed by atoms with E-state index in [2.05, 4.69) is 0 Å². The molecule has 0 saturated heterocycles. The van der Waals surface area contributed by atoms with Crippen LogP contribution < -0.4 is 0 Å². The summed E-state index contributed by atoms with van der Waals surface area (Å²) in [6, 6.07) is 0. The Hall–Kier alpha value is -0.000000000000000111. The predicted molar refractivity (Wildman–Crippen MR) is 60.1 cm³/mol. The lowest BCUT2D eigenvalue weighted by atomic mass is 10.5. The van der Waals surface area contributed by atoms with Crippen LogP contribution >= 0.6 is 23.4 Å². The molecule has 0 unspecified atom stereocenters. The van der Waals surface area contributed by atoms with E-state index < -0.39 is 0 Å². The maximum atomic E-state index is 10.8. The third kappa shape index (κ3) is 7.10. The van der Waals surface area contributed by atoms with Crippen molar-refractivity contribution in [3.05, 3.63) is 0 Å². The molecule has 0 bridgehead atoms. The molecule has 0 rings (SSSR count). The summed E-state index contributed by atoms with van der Waals surface area (Å²) in [4.78, 5) is 10.8. The van der Waals surface area contributed by atoms with Gasteiger partial charge in [0, 0.05) is 18.1 Å². The lowest BCUT2D eigenvalue weighted by Crippen LogP contribution is -2.01. The molecule has 0 N–H and O–H groups in total. The van der Waals surface area contributed by atoms with Gasteiger partial charge in [-0.2, -0.15) is 0 Å². The fourth-order valence-electron chi connectivity index (χ4n) is 0.494. The number of carbonyl (C=O) groups is 1. The van der Waals surface area contributed by atoms with Crippen LogP contribution in [0, 0.1) is 0 Å². The Morgan fingerprint density at radius 3 is 2.54 bits per heavy atom. The number of thiol groups is 1. The van der Waals surface area contributed by atoms with E-state index in [0.29, 0.717) is 24.7 Å². The smallest absolute Gasteiger partial charge is 0.316 e. The van der Waals surface area contributed by atoms with Gasteiger partial charge in [-0.1, -0.05) is 25.6 Å². The fraction of sp³-hybridized carbons (Fsp3) is 0.750. The van der Waals surface area contributed by atoms with E-state index in [0.717, 1.165) is 10.1 Å². The molecule has 0 amide bonds. The Morgan fingerprint density at radius 2 is 2.08 bits per heavy atom. The molecule has 78 valence electrons. The first-order valence-corrected chi connectivity index (χ1v) is 6.07. The Labute approximate surface area is 87.3 Å². The Morgan fingerprint density at radius 1 is 1.38 bits per heavy atom. The molecule has 0 aliphatic rings. The summed E-state index contributed by atoms with van der Waals surface area (Å²) in [6.45, 7) is 6.32. The second kappa shape index (κ2) is 8.59. The first-order valence-electron chi connectivity index (χ1n) is 4.27. The summed E-state index contributed by atoms with van der Waals surface area (Å²) in [5.41, 5.74) is 0. The van der Waals surface area contributed by atoms with Crippen LogP contribution in [0.2, 0.25) is 0 Å². The van der Waals surface area contributed by atoms with Crippen molar-refractivity contribution in [2.75, 3.05) is 12.4 Å². The summed E-state index contributed by atoms with van der Waals surface area (Å²) in [5, 5.41) is 0. The van der Waals surface area contributed by atoms with E-state index in [1.165, 1.54) is 0 Å². The van der Waals surface area contributed by atoms with E-state index in [-0.39, 0.29) is 5.97 Å². The van der Waals surface area contributed by atoms with Crippen LogP contribution in [0.25, 0.3) is 0 Å². The van der Waals surface area contributed by atoms with Crippen molar-refractivity contribution in [1.82, 2.24) is 0 Å². The van der Waals surface area contributed by atoms with Gasteiger partial charge >= 0.3 is 5.97 Å².